The van der Waals surface area contributed by atoms with Crippen LogP contribution < -0.4 is 10.6 Å². The molecule has 5 nitrogen and oxygen atoms in total. The first-order chi connectivity index (χ1) is 9.20. The fourth-order valence-corrected chi connectivity index (χ4v) is 2.13. The van der Waals surface area contributed by atoms with Crippen LogP contribution in [0.4, 0.5) is 4.79 Å². The molecule has 0 saturated carbocycles. The van der Waals surface area contributed by atoms with E-state index in [9.17, 15) is 9.59 Å². The molecular weight excluding hydrogens is 242 g/mol. The van der Waals surface area contributed by atoms with Gasteiger partial charge < -0.3 is 15.5 Å². The summed E-state index contributed by atoms with van der Waals surface area (Å²) in [6.07, 6.45) is 2.18. The average molecular weight is 261 g/mol. The van der Waals surface area contributed by atoms with Crippen LogP contribution in [0, 0.1) is 0 Å². The number of nitrogens with one attached hydrogen (secondary N) is 2. The lowest BCUT2D eigenvalue weighted by molar-refractivity contribution is 0.0963. The summed E-state index contributed by atoms with van der Waals surface area (Å²) in [6, 6.07) is 7.23. The fourth-order valence-electron chi connectivity index (χ4n) is 2.13. The molecule has 5 heteroatoms. The first-order valence-electron chi connectivity index (χ1n) is 6.54. The Balaban J connectivity index is 1.85. The Kier molecular flexibility index (Phi) is 4.39. The highest BCUT2D eigenvalue weighted by atomic mass is 16.2. The van der Waals surface area contributed by atoms with Crippen molar-refractivity contribution in [2.24, 2.45) is 0 Å². The highest BCUT2D eigenvalue weighted by molar-refractivity contribution is 5.93. The van der Waals surface area contributed by atoms with E-state index in [0.717, 1.165) is 31.5 Å². The van der Waals surface area contributed by atoms with Crippen molar-refractivity contribution >= 4 is 11.9 Å². The van der Waals surface area contributed by atoms with Gasteiger partial charge in [-0.05, 0) is 30.5 Å². The number of hydrogen-bond acceptors (Lipinski definition) is 2. The summed E-state index contributed by atoms with van der Waals surface area (Å²) in [6.45, 7) is 2.19. The minimum absolute atomic E-state index is 0.00659. The average Bonchev–Trinajstić information content (AvgIpc) is 2.98. The number of hydrogen-bond donors (Lipinski definition) is 2. The van der Waals surface area contributed by atoms with Crippen molar-refractivity contribution < 1.29 is 9.59 Å². The lowest BCUT2D eigenvalue weighted by Gasteiger charge is -2.16. The topological polar surface area (TPSA) is 61.4 Å². The smallest absolute Gasteiger partial charge is 0.317 e. The zero-order chi connectivity index (χ0) is 13.7. The van der Waals surface area contributed by atoms with E-state index in [4.69, 9.17) is 0 Å². The standard InChI is InChI=1S/C14H19N3O2/c1-15-13(18)12-6-4-11(5-7-12)10-16-14(19)17-8-2-3-9-17/h4-7H,2-3,8-10H2,1H3,(H,15,18)(H,16,19). The Hall–Kier alpha value is -2.04. The number of urea groups is 1. The van der Waals surface area contributed by atoms with E-state index in [1.54, 1.807) is 19.2 Å². The van der Waals surface area contributed by atoms with Gasteiger partial charge in [0.05, 0.1) is 0 Å². The molecule has 0 spiro atoms. The van der Waals surface area contributed by atoms with Gasteiger partial charge in [-0.1, -0.05) is 12.1 Å². The van der Waals surface area contributed by atoms with Crippen LogP contribution in [0.2, 0.25) is 0 Å². The Bertz CT molecular complexity index is 450. The normalized spacial score (nSPS) is 14.3. The summed E-state index contributed by atoms with van der Waals surface area (Å²) in [5.74, 6) is -0.104. The van der Waals surface area contributed by atoms with Crippen molar-refractivity contribution in [2.75, 3.05) is 20.1 Å². The number of benzene rings is 1. The van der Waals surface area contributed by atoms with Gasteiger partial charge in [0.15, 0.2) is 0 Å². The summed E-state index contributed by atoms with van der Waals surface area (Å²) in [4.78, 5) is 25.0. The van der Waals surface area contributed by atoms with Gasteiger partial charge >= 0.3 is 6.03 Å². The molecule has 1 heterocycles. The highest BCUT2D eigenvalue weighted by Gasteiger charge is 2.17. The summed E-state index contributed by atoms with van der Waals surface area (Å²) < 4.78 is 0. The molecule has 0 aromatic heterocycles. The number of rotatable bonds is 3. The third-order valence-electron chi connectivity index (χ3n) is 3.28. The summed E-state index contributed by atoms with van der Waals surface area (Å²) in [7, 11) is 1.60. The lowest BCUT2D eigenvalue weighted by atomic mass is 10.1. The third kappa shape index (κ3) is 3.47. The minimum Gasteiger partial charge on any atom is -0.355 e. The molecule has 19 heavy (non-hydrogen) atoms. The van der Waals surface area contributed by atoms with Crippen molar-refractivity contribution in [3.8, 4) is 0 Å². The fraction of sp³-hybridized carbons (Fsp3) is 0.429. The molecule has 1 aromatic rings. The van der Waals surface area contributed by atoms with Crippen LogP contribution in [0.3, 0.4) is 0 Å². The zero-order valence-corrected chi connectivity index (χ0v) is 11.1. The second kappa shape index (κ2) is 6.22. The number of nitrogens with zero attached hydrogens (tertiary/aromatic N) is 1. The molecule has 1 aliphatic heterocycles. The molecule has 0 atom stereocenters. The molecule has 1 aliphatic rings. The predicted molar refractivity (Wildman–Crippen MR) is 72.9 cm³/mol. The van der Waals surface area contributed by atoms with Gasteiger partial charge in [-0.15, -0.1) is 0 Å². The molecule has 3 amide bonds. The second-order valence-electron chi connectivity index (χ2n) is 4.63. The van der Waals surface area contributed by atoms with Crippen LogP contribution in [0.1, 0.15) is 28.8 Å². The Morgan fingerprint density at radius 2 is 1.79 bits per heavy atom. The van der Waals surface area contributed by atoms with Crippen molar-refractivity contribution in [1.82, 2.24) is 15.5 Å². The maximum atomic E-state index is 11.8. The van der Waals surface area contributed by atoms with Crippen molar-refractivity contribution in [1.29, 1.82) is 0 Å². The third-order valence-corrected chi connectivity index (χ3v) is 3.28. The van der Waals surface area contributed by atoms with Crippen LogP contribution in [-0.2, 0) is 6.54 Å². The maximum Gasteiger partial charge on any atom is 0.317 e. The largest absolute Gasteiger partial charge is 0.355 e. The monoisotopic (exact) mass is 261 g/mol. The molecule has 1 aromatic carbocycles. The molecule has 1 saturated heterocycles. The summed E-state index contributed by atoms with van der Waals surface area (Å²) in [5, 5.41) is 5.46. The van der Waals surface area contributed by atoms with Gasteiger partial charge in [-0.3, -0.25) is 4.79 Å². The second-order valence-corrected chi connectivity index (χ2v) is 4.63. The quantitative estimate of drug-likeness (QED) is 0.863. The highest BCUT2D eigenvalue weighted by Crippen LogP contribution is 2.08. The molecule has 0 radical (unpaired) electrons. The van der Waals surface area contributed by atoms with Gasteiger partial charge in [-0.25, -0.2) is 4.79 Å². The first kappa shape index (κ1) is 13.4. The molecule has 2 rings (SSSR count). The molecule has 1 fully saturated rings. The van der Waals surface area contributed by atoms with E-state index in [-0.39, 0.29) is 11.9 Å². The van der Waals surface area contributed by atoms with Crippen LogP contribution in [0.15, 0.2) is 24.3 Å². The molecule has 0 bridgehead atoms. The number of likely N-dealkylation sites (tertiary alicyclic amines) is 1. The zero-order valence-electron chi connectivity index (χ0n) is 11.1. The van der Waals surface area contributed by atoms with Crippen LogP contribution >= 0.6 is 0 Å². The van der Waals surface area contributed by atoms with Gasteiger partial charge in [0.25, 0.3) is 5.91 Å². The van der Waals surface area contributed by atoms with Gasteiger partial charge in [-0.2, -0.15) is 0 Å². The Morgan fingerprint density at radius 1 is 1.16 bits per heavy atom. The minimum atomic E-state index is -0.104. The Labute approximate surface area is 113 Å². The van der Waals surface area contributed by atoms with Crippen LogP contribution in [-0.4, -0.2) is 37.0 Å². The predicted octanol–water partition coefficient (Wildman–Crippen LogP) is 1.35. The lowest BCUT2D eigenvalue weighted by Crippen LogP contribution is -2.37. The maximum absolute atomic E-state index is 11.8. The SMILES string of the molecule is CNC(=O)c1ccc(CNC(=O)N2CCCC2)cc1. The molecule has 0 unspecified atom stereocenters. The summed E-state index contributed by atoms with van der Waals surface area (Å²) >= 11 is 0. The Morgan fingerprint density at radius 3 is 2.37 bits per heavy atom. The van der Waals surface area contributed by atoms with E-state index in [1.807, 2.05) is 17.0 Å². The molecule has 0 aliphatic carbocycles. The number of carbonyl (C=O) groups excluding carboxylic acids is 2. The van der Waals surface area contributed by atoms with Crippen molar-refractivity contribution in [2.45, 2.75) is 19.4 Å². The number of amides is 3. The van der Waals surface area contributed by atoms with Crippen LogP contribution in [0.25, 0.3) is 0 Å². The molecule has 102 valence electrons. The van der Waals surface area contributed by atoms with Crippen molar-refractivity contribution in [3.05, 3.63) is 35.4 Å². The van der Waals surface area contributed by atoms with E-state index in [2.05, 4.69) is 10.6 Å². The number of carbonyl (C=O) groups is 2. The molecular formula is C14H19N3O2. The van der Waals surface area contributed by atoms with E-state index >= 15 is 0 Å². The van der Waals surface area contributed by atoms with Gasteiger partial charge in [0.1, 0.15) is 0 Å². The van der Waals surface area contributed by atoms with E-state index < -0.39 is 0 Å². The summed E-state index contributed by atoms with van der Waals surface area (Å²) in [5.41, 5.74) is 1.61. The molecule has 2 N–H and O–H groups in total. The van der Waals surface area contributed by atoms with Crippen LogP contribution in [0.5, 0.6) is 0 Å². The van der Waals surface area contributed by atoms with E-state index in [0.29, 0.717) is 12.1 Å². The van der Waals surface area contributed by atoms with Crippen molar-refractivity contribution in [3.63, 3.8) is 0 Å². The first-order valence-corrected chi connectivity index (χ1v) is 6.54. The van der Waals surface area contributed by atoms with Gasteiger partial charge in [0.2, 0.25) is 0 Å². The van der Waals surface area contributed by atoms with E-state index in [1.165, 1.54) is 0 Å². The van der Waals surface area contributed by atoms with Gasteiger partial charge in [0, 0.05) is 32.2 Å².